The Balaban J connectivity index is 1.85. The van der Waals surface area contributed by atoms with Crippen LogP contribution in [-0.2, 0) is 14.6 Å². The molecule has 2 aromatic carbocycles. The summed E-state index contributed by atoms with van der Waals surface area (Å²) in [7, 11) is -3.81. The summed E-state index contributed by atoms with van der Waals surface area (Å²) in [6.45, 7) is 3.80. The minimum atomic E-state index is -3.81. The van der Waals surface area contributed by atoms with Crippen LogP contribution in [0.15, 0.2) is 41.3 Å². The van der Waals surface area contributed by atoms with E-state index in [1.807, 2.05) is 26.0 Å². The molecule has 0 spiro atoms. The summed E-state index contributed by atoms with van der Waals surface area (Å²) in [6, 6.07) is 10.2. The number of anilines is 1. The average Bonchev–Trinajstić information content (AvgIpc) is 2.99. The molecule has 0 unspecified atom stereocenters. The first-order valence-electron chi connectivity index (χ1n) is 7.18. The molecule has 0 atom stereocenters. The van der Waals surface area contributed by atoms with Crippen LogP contribution in [0.2, 0.25) is 0 Å². The first-order chi connectivity index (χ1) is 11.4. The highest BCUT2D eigenvalue weighted by Crippen LogP contribution is 2.23. The fourth-order valence-electron chi connectivity index (χ4n) is 2.36. The molecule has 0 bridgehead atoms. The Morgan fingerprint density at radius 1 is 1.12 bits per heavy atom. The molecule has 1 aromatic heterocycles. The van der Waals surface area contributed by atoms with Gasteiger partial charge in [-0.3, -0.25) is 4.79 Å². The molecule has 0 aliphatic heterocycles. The predicted molar refractivity (Wildman–Crippen MR) is 94.0 cm³/mol. The van der Waals surface area contributed by atoms with Crippen LogP contribution in [0.1, 0.15) is 11.1 Å². The van der Waals surface area contributed by atoms with Gasteiger partial charge in [0.15, 0.2) is 9.84 Å². The van der Waals surface area contributed by atoms with Crippen LogP contribution in [0.4, 0.5) is 5.69 Å². The Kier molecular flexibility index (Phi) is 4.33. The number of hydrogen-bond acceptors (Lipinski definition) is 6. The fraction of sp³-hybridized carbons (Fsp3) is 0.188. The average molecular weight is 361 g/mol. The number of aryl methyl sites for hydroxylation is 1. The lowest BCUT2D eigenvalue weighted by Crippen LogP contribution is -2.23. The number of fused-ring (bicyclic) bond motifs is 1. The second kappa shape index (κ2) is 6.29. The normalized spacial score (nSPS) is 11.6. The molecule has 0 fully saturated rings. The summed E-state index contributed by atoms with van der Waals surface area (Å²) in [6.07, 6.45) is 0. The van der Waals surface area contributed by atoms with E-state index in [0.29, 0.717) is 16.7 Å². The van der Waals surface area contributed by atoms with Crippen molar-refractivity contribution in [2.45, 2.75) is 18.7 Å². The molecule has 1 amide bonds. The molecule has 6 nitrogen and oxygen atoms in total. The molecule has 1 heterocycles. The number of carbonyl (C=O) groups excluding carboxylic acids is 1. The number of carbonyl (C=O) groups is 1. The van der Waals surface area contributed by atoms with Gasteiger partial charge in [0.25, 0.3) is 0 Å². The van der Waals surface area contributed by atoms with Crippen molar-refractivity contribution < 1.29 is 13.2 Å². The molecule has 8 heteroatoms. The first-order valence-corrected chi connectivity index (χ1v) is 9.57. The Labute approximate surface area is 143 Å². The van der Waals surface area contributed by atoms with Crippen LogP contribution in [0.3, 0.4) is 0 Å². The summed E-state index contributed by atoms with van der Waals surface area (Å²) >= 11 is 0.943. The number of aromatic nitrogens is 2. The number of sulfone groups is 1. The molecular formula is C16H15N3O3S2. The maximum atomic E-state index is 12.6. The monoisotopic (exact) mass is 361 g/mol. The van der Waals surface area contributed by atoms with Crippen LogP contribution >= 0.6 is 11.7 Å². The van der Waals surface area contributed by atoms with Crippen LogP contribution < -0.4 is 5.32 Å². The van der Waals surface area contributed by atoms with Crippen LogP contribution in [0, 0.1) is 13.8 Å². The van der Waals surface area contributed by atoms with Crippen molar-refractivity contribution >= 4 is 44.2 Å². The minimum absolute atomic E-state index is 0.0323. The highest BCUT2D eigenvalue weighted by Gasteiger charge is 2.23. The van der Waals surface area contributed by atoms with Crippen LogP contribution in [0.25, 0.3) is 11.0 Å². The Morgan fingerprint density at radius 2 is 1.88 bits per heavy atom. The van der Waals surface area contributed by atoms with Gasteiger partial charge in [0.1, 0.15) is 16.8 Å². The van der Waals surface area contributed by atoms with Gasteiger partial charge >= 0.3 is 0 Å². The lowest BCUT2D eigenvalue weighted by molar-refractivity contribution is -0.113. The molecular weight excluding hydrogens is 346 g/mol. The fourth-order valence-corrected chi connectivity index (χ4v) is 4.27. The topological polar surface area (TPSA) is 89.0 Å². The van der Waals surface area contributed by atoms with Gasteiger partial charge in [0.2, 0.25) is 5.91 Å². The van der Waals surface area contributed by atoms with E-state index in [4.69, 9.17) is 0 Å². The molecule has 3 rings (SSSR count). The van der Waals surface area contributed by atoms with E-state index in [-0.39, 0.29) is 4.90 Å². The third-order valence-electron chi connectivity index (χ3n) is 3.78. The van der Waals surface area contributed by atoms with E-state index in [1.165, 1.54) is 6.07 Å². The second-order valence-electron chi connectivity index (χ2n) is 5.44. The highest BCUT2D eigenvalue weighted by molar-refractivity contribution is 7.92. The van der Waals surface area contributed by atoms with Gasteiger partial charge in [-0.05, 0) is 43.2 Å². The molecule has 124 valence electrons. The molecule has 0 saturated heterocycles. The zero-order valence-electron chi connectivity index (χ0n) is 13.1. The van der Waals surface area contributed by atoms with Crippen molar-refractivity contribution in [3.05, 3.63) is 47.5 Å². The predicted octanol–water partition coefficient (Wildman–Crippen LogP) is 2.72. The number of amides is 1. The summed E-state index contributed by atoms with van der Waals surface area (Å²) < 4.78 is 33.2. The van der Waals surface area contributed by atoms with E-state index >= 15 is 0 Å². The van der Waals surface area contributed by atoms with E-state index in [1.54, 1.807) is 18.2 Å². The third-order valence-corrected chi connectivity index (χ3v) is 5.97. The Bertz CT molecular complexity index is 1030. The van der Waals surface area contributed by atoms with Gasteiger partial charge in [0.05, 0.1) is 16.6 Å². The largest absolute Gasteiger partial charge is 0.325 e. The standard InChI is InChI=1S/C16H15N3O3S2/c1-10-5-3-6-12(11(10)2)17-15(20)9-24(21,22)14-8-4-7-13-16(14)19-23-18-13/h3-8H,9H2,1-2H3,(H,17,20). The van der Waals surface area contributed by atoms with Crippen molar-refractivity contribution in [2.75, 3.05) is 11.1 Å². The van der Waals surface area contributed by atoms with Crippen LogP contribution in [-0.4, -0.2) is 28.8 Å². The van der Waals surface area contributed by atoms with Gasteiger partial charge in [-0.15, -0.1) is 0 Å². The molecule has 3 aromatic rings. The van der Waals surface area contributed by atoms with Crippen molar-refractivity contribution in [3.63, 3.8) is 0 Å². The maximum absolute atomic E-state index is 12.6. The minimum Gasteiger partial charge on any atom is -0.325 e. The van der Waals surface area contributed by atoms with Gasteiger partial charge < -0.3 is 5.32 Å². The van der Waals surface area contributed by atoms with Gasteiger partial charge in [-0.2, -0.15) is 8.75 Å². The summed E-state index contributed by atoms with van der Waals surface area (Å²) in [5, 5.41) is 2.67. The Morgan fingerprint density at radius 3 is 2.67 bits per heavy atom. The zero-order chi connectivity index (χ0) is 17.3. The van der Waals surface area contributed by atoms with Crippen molar-refractivity contribution in [1.82, 2.24) is 8.75 Å². The van der Waals surface area contributed by atoms with Gasteiger partial charge in [-0.25, -0.2) is 8.42 Å². The first kappa shape index (κ1) is 16.5. The van der Waals surface area contributed by atoms with Crippen LogP contribution in [0.5, 0.6) is 0 Å². The number of benzene rings is 2. The Hall–Kier alpha value is -2.32. The summed E-state index contributed by atoms with van der Waals surface area (Å²) in [5.41, 5.74) is 3.37. The number of nitrogens with one attached hydrogen (secondary N) is 1. The maximum Gasteiger partial charge on any atom is 0.239 e. The molecule has 0 saturated carbocycles. The SMILES string of the molecule is Cc1cccc(NC(=O)CS(=O)(=O)c2cccc3nsnc23)c1C. The van der Waals surface area contributed by atoms with Crippen molar-refractivity contribution in [2.24, 2.45) is 0 Å². The summed E-state index contributed by atoms with van der Waals surface area (Å²) in [4.78, 5) is 12.2. The zero-order valence-corrected chi connectivity index (χ0v) is 14.7. The molecule has 0 aliphatic rings. The van der Waals surface area contributed by atoms with E-state index in [0.717, 1.165) is 22.9 Å². The number of nitrogens with zero attached hydrogens (tertiary/aromatic N) is 2. The molecule has 0 radical (unpaired) electrons. The summed E-state index contributed by atoms with van der Waals surface area (Å²) in [5.74, 6) is -1.22. The number of hydrogen-bond donors (Lipinski definition) is 1. The number of rotatable bonds is 4. The smallest absolute Gasteiger partial charge is 0.239 e. The lowest BCUT2D eigenvalue weighted by Gasteiger charge is -2.10. The molecule has 0 aliphatic carbocycles. The van der Waals surface area contributed by atoms with E-state index in [9.17, 15) is 13.2 Å². The van der Waals surface area contributed by atoms with Crippen molar-refractivity contribution in [1.29, 1.82) is 0 Å². The second-order valence-corrected chi connectivity index (χ2v) is 7.93. The van der Waals surface area contributed by atoms with Gasteiger partial charge in [0, 0.05) is 5.69 Å². The quantitative estimate of drug-likeness (QED) is 0.772. The van der Waals surface area contributed by atoms with Gasteiger partial charge in [-0.1, -0.05) is 18.2 Å². The van der Waals surface area contributed by atoms with E-state index in [2.05, 4.69) is 14.1 Å². The molecule has 24 heavy (non-hydrogen) atoms. The third kappa shape index (κ3) is 3.15. The highest BCUT2D eigenvalue weighted by atomic mass is 32.2. The lowest BCUT2D eigenvalue weighted by atomic mass is 10.1. The molecule has 1 N–H and O–H groups in total. The van der Waals surface area contributed by atoms with E-state index < -0.39 is 21.5 Å². The van der Waals surface area contributed by atoms with Crippen molar-refractivity contribution in [3.8, 4) is 0 Å².